The number of aromatic hydroxyl groups is 2. The molecule has 0 radical (unpaired) electrons. The number of carbonyl (C=O) groups excluding carboxylic acids is 2. The highest BCUT2D eigenvalue weighted by Gasteiger charge is 2.48. The van der Waals surface area contributed by atoms with Crippen LogP contribution >= 0.6 is 0 Å². The maximum Gasteiger partial charge on any atom is 0.338 e. The molecule has 0 aromatic heterocycles. The minimum Gasteiger partial charge on any atom is -0.508 e. The van der Waals surface area contributed by atoms with E-state index in [9.17, 15) is 35.1 Å². The van der Waals surface area contributed by atoms with E-state index in [0.29, 0.717) is 5.56 Å². The number of benzene rings is 2. The van der Waals surface area contributed by atoms with E-state index in [1.807, 2.05) is 0 Å². The average molecular weight is 476 g/mol. The summed E-state index contributed by atoms with van der Waals surface area (Å²) in [5.74, 6) is -2.04. The third kappa shape index (κ3) is 4.38. The van der Waals surface area contributed by atoms with E-state index < -0.39 is 54.3 Å². The molecule has 6 atom stereocenters. The Balaban J connectivity index is 1.60. The zero-order valence-corrected chi connectivity index (χ0v) is 18.0. The van der Waals surface area contributed by atoms with Crippen LogP contribution in [0.5, 0.6) is 23.0 Å². The highest BCUT2D eigenvalue weighted by Crippen LogP contribution is 2.43. The quantitative estimate of drug-likeness (QED) is 0.382. The molecular weight excluding hydrogens is 452 g/mol. The molecule has 5 N–H and O–H groups in total. The van der Waals surface area contributed by atoms with Crippen molar-refractivity contribution in [3.05, 3.63) is 47.5 Å². The van der Waals surface area contributed by atoms with Gasteiger partial charge < -0.3 is 44.5 Å². The molecule has 0 spiro atoms. The average Bonchev–Trinajstić information content (AvgIpc) is 2.79. The van der Waals surface area contributed by atoms with Gasteiger partial charge in [0.15, 0.2) is 11.9 Å². The van der Waals surface area contributed by atoms with Gasteiger partial charge in [-0.3, -0.25) is 4.79 Å². The van der Waals surface area contributed by atoms with E-state index >= 15 is 0 Å². The lowest BCUT2D eigenvalue weighted by molar-refractivity contribution is -0.272. The number of para-hydroxylation sites is 1. The molecule has 2 aliphatic heterocycles. The molecule has 0 bridgehead atoms. The summed E-state index contributed by atoms with van der Waals surface area (Å²) in [6.45, 7) is 1.55. The second kappa shape index (κ2) is 9.47. The Bertz CT molecular complexity index is 1080. The number of hydrogen-bond acceptors (Lipinski definition) is 11. The van der Waals surface area contributed by atoms with Crippen molar-refractivity contribution in [1.82, 2.24) is 0 Å². The molecule has 0 saturated carbocycles. The number of phenolic OH excluding ortho intramolecular Hbond substituents is 2. The first-order valence-electron chi connectivity index (χ1n) is 10.6. The lowest BCUT2D eigenvalue weighted by Crippen LogP contribution is -2.61. The highest BCUT2D eigenvalue weighted by atomic mass is 16.7. The Hall–Kier alpha value is -3.38. The van der Waals surface area contributed by atoms with Crippen LogP contribution in [0.4, 0.5) is 0 Å². The Morgan fingerprint density at radius 3 is 2.50 bits per heavy atom. The Kier molecular flexibility index (Phi) is 6.62. The van der Waals surface area contributed by atoms with Crippen LogP contribution in [0.1, 0.15) is 35.4 Å². The standard InChI is InChI=1S/C23H24O11/c1-2-31-22(30)21-19(28)18(27)20(29)23(34-21)32-10-7-13(25)17-14(26)9-15(33-16(17)8-10)11-5-3-4-6-12(11)24/h3-8,15,18-21,23-25,27-29H,2,9H2,1H3/t15-,18-,19-,20+,21-,23+/m0/s1. The second-order valence-corrected chi connectivity index (χ2v) is 7.87. The largest absolute Gasteiger partial charge is 0.508 e. The highest BCUT2D eigenvalue weighted by molar-refractivity contribution is 6.02. The van der Waals surface area contributed by atoms with Gasteiger partial charge in [-0.15, -0.1) is 0 Å². The molecule has 0 unspecified atom stereocenters. The van der Waals surface area contributed by atoms with Crippen molar-refractivity contribution in [2.75, 3.05) is 6.61 Å². The van der Waals surface area contributed by atoms with Crippen LogP contribution in [0.15, 0.2) is 36.4 Å². The van der Waals surface area contributed by atoms with Gasteiger partial charge in [0.05, 0.1) is 13.0 Å². The van der Waals surface area contributed by atoms with Gasteiger partial charge in [0.2, 0.25) is 6.29 Å². The van der Waals surface area contributed by atoms with E-state index in [4.69, 9.17) is 18.9 Å². The fraction of sp³-hybridized carbons (Fsp3) is 0.391. The topological polar surface area (TPSA) is 172 Å². The molecule has 0 amide bonds. The van der Waals surface area contributed by atoms with Crippen LogP contribution in [0.3, 0.4) is 0 Å². The van der Waals surface area contributed by atoms with Crippen LogP contribution < -0.4 is 9.47 Å². The summed E-state index contributed by atoms with van der Waals surface area (Å²) in [7, 11) is 0. The van der Waals surface area contributed by atoms with E-state index in [2.05, 4.69) is 0 Å². The number of hydrogen-bond donors (Lipinski definition) is 5. The third-order valence-electron chi connectivity index (χ3n) is 5.60. The van der Waals surface area contributed by atoms with Gasteiger partial charge in [0, 0.05) is 17.7 Å². The number of aliphatic hydroxyl groups is 3. The predicted octanol–water partition coefficient (Wildman–Crippen LogP) is 0.554. The van der Waals surface area contributed by atoms with Crippen LogP contribution in [-0.4, -0.2) is 74.6 Å². The molecule has 1 saturated heterocycles. The lowest BCUT2D eigenvalue weighted by atomic mass is 9.95. The summed E-state index contributed by atoms with van der Waals surface area (Å²) in [5, 5.41) is 51.0. The minimum atomic E-state index is -1.79. The van der Waals surface area contributed by atoms with Crippen LogP contribution in [0, 0.1) is 0 Å². The molecule has 4 rings (SSSR count). The Morgan fingerprint density at radius 2 is 1.79 bits per heavy atom. The Labute approximate surface area is 193 Å². The fourth-order valence-corrected chi connectivity index (χ4v) is 3.91. The summed E-state index contributed by atoms with van der Waals surface area (Å²) in [6, 6.07) is 8.72. The Morgan fingerprint density at radius 1 is 1.06 bits per heavy atom. The van der Waals surface area contributed by atoms with Crippen molar-refractivity contribution in [3.8, 4) is 23.0 Å². The van der Waals surface area contributed by atoms with Crippen molar-refractivity contribution < 1.29 is 54.1 Å². The molecule has 2 aliphatic rings. The summed E-state index contributed by atoms with van der Waals surface area (Å²) in [5.41, 5.74) is 0.303. The van der Waals surface area contributed by atoms with Crippen molar-refractivity contribution in [2.24, 2.45) is 0 Å². The molecule has 11 heteroatoms. The summed E-state index contributed by atoms with van der Waals surface area (Å²) < 4.78 is 21.5. The van der Waals surface area contributed by atoms with E-state index in [-0.39, 0.29) is 35.8 Å². The molecule has 0 aliphatic carbocycles. The van der Waals surface area contributed by atoms with Crippen molar-refractivity contribution in [2.45, 2.75) is 50.2 Å². The molecule has 182 valence electrons. The SMILES string of the molecule is CCOC(=O)[C@H]1O[C@@H](Oc2cc(O)c3c(c2)O[C@H](c2ccccc2O)CC3=O)[C@H](O)[C@@H](O)[C@@H]1O. The van der Waals surface area contributed by atoms with Crippen LogP contribution in [0.25, 0.3) is 0 Å². The summed E-state index contributed by atoms with van der Waals surface area (Å²) in [6.07, 6.45) is -9.49. The maximum absolute atomic E-state index is 12.7. The monoisotopic (exact) mass is 476 g/mol. The number of esters is 1. The molecule has 1 fully saturated rings. The molecule has 2 aromatic carbocycles. The molecule has 34 heavy (non-hydrogen) atoms. The van der Waals surface area contributed by atoms with Gasteiger partial charge >= 0.3 is 5.97 Å². The predicted molar refractivity (Wildman–Crippen MR) is 112 cm³/mol. The van der Waals surface area contributed by atoms with Gasteiger partial charge in [-0.25, -0.2) is 4.79 Å². The van der Waals surface area contributed by atoms with E-state index in [1.54, 1.807) is 25.1 Å². The van der Waals surface area contributed by atoms with Crippen molar-refractivity contribution >= 4 is 11.8 Å². The second-order valence-electron chi connectivity index (χ2n) is 7.87. The van der Waals surface area contributed by atoms with Gasteiger partial charge in [-0.1, -0.05) is 18.2 Å². The van der Waals surface area contributed by atoms with E-state index in [1.165, 1.54) is 12.1 Å². The first kappa shape index (κ1) is 23.8. The number of Topliss-reactive ketones (excluding diaryl/α,β-unsaturated/α-hetero) is 1. The van der Waals surface area contributed by atoms with Gasteiger partial charge in [0.25, 0.3) is 0 Å². The molecule has 2 heterocycles. The third-order valence-corrected chi connectivity index (χ3v) is 5.60. The van der Waals surface area contributed by atoms with E-state index in [0.717, 1.165) is 6.07 Å². The zero-order valence-electron chi connectivity index (χ0n) is 18.0. The zero-order chi connectivity index (χ0) is 24.6. The smallest absolute Gasteiger partial charge is 0.338 e. The number of fused-ring (bicyclic) bond motifs is 1. The van der Waals surface area contributed by atoms with Gasteiger partial charge in [-0.2, -0.15) is 0 Å². The molecule has 11 nitrogen and oxygen atoms in total. The van der Waals surface area contributed by atoms with Crippen molar-refractivity contribution in [3.63, 3.8) is 0 Å². The van der Waals surface area contributed by atoms with Crippen LogP contribution in [0.2, 0.25) is 0 Å². The first-order valence-corrected chi connectivity index (χ1v) is 10.6. The fourth-order valence-electron chi connectivity index (χ4n) is 3.91. The number of ketones is 1. The number of rotatable bonds is 5. The summed E-state index contributed by atoms with van der Waals surface area (Å²) in [4.78, 5) is 24.7. The van der Waals surface area contributed by atoms with Crippen molar-refractivity contribution in [1.29, 1.82) is 0 Å². The molecular formula is C23H24O11. The lowest BCUT2D eigenvalue weighted by Gasteiger charge is -2.39. The normalized spacial score (nSPS) is 28.5. The molecule has 2 aromatic rings. The number of aliphatic hydroxyl groups excluding tert-OH is 3. The van der Waals surface area contributed by atoms with Gasteiger partial charge in [-0.05, 0) is 13.0 Å². The number of carbonyl (C=O) groups is 2. The summed E-state index contributed by atoms with van der Waals surface area (Å²) >= 11 is 0. The number of phenols is 2. The van der Waals surface area contributed by atoms with Crippen LogP contribution in [-0.2, 0) is 14.3 Å². The minimum absolute atomic E-state index is 0.00220. The maximum atomic E-state index is 12.7. The number of ether oxygens (including phenoxy) is 4. The van der Waals surface area contributed by atoms with Gasteiger partial charge in [0.1, 0.15) is 53.0 Å². The first-order chi connectivity index (χ1) is 16.2.